The fourth-order valence-electron chi connectivity index (χ4n) is 0.920. The number of nitrogens with zero attached hydrogens (tertiary/aromatic N) is 1. The van der Waals surface area contributed by atoms with Gasteiger partial charge in [-0.05, 0) is 31.5 Å². The van der Waals surface area contributed by atoms with Crippen molar-refractivity contribution in [1.29, 1.82) is 0 Å². The van der Waals surface area contributed by atoms with Gasteiger partial charge in [0.15, 0.2) is 0 Å². The van der Waals surface area contributed by atoms with Gasteiger partial charge in [0.1, 0.15) is 0 Å². The van der Waals surface area contributed by atoms with Gasteiger partial charge in [-0.25, -0.2) is 5.43 Å². The molecule has 1 aromatic carbocycles. The molecule has 0 aliphatic rings. The molecule has 0 heterocycles. The number of amides is 1. The number of nitrogens with one attached hydrogen (secondary N) is 1. The van der Waals surface area contributed by atoms with Gasteiger partial charge in [0.25, 0.3) is 5.91 Å². The van der Waals surface area contributed by atoms with Crippen LogP contribution in [0.5, 0.6) is 0 Å². The molecule has 0 radical (unpaired) electrons. The van der Waals surface area contributed by atoms with Crippen molar-refractivity contribution in [2.75, 3.05) is 0 Å². The lowest BCUT2D eigenvalue weighted by Gasteiger charge is -2.01. The Labute approximate surface area is 94.1 Å². The van der Waals surface area contributed by atoms with Crippen LogP contribution >= 0.6 is 11.6 Å². The zero-order valence-electron chi connectivity index (χ0n) is 8.75. The van der Waals surface area contributed by atoms with E-state index in [-0.39, 0.29) is 5.91 Å². The second kappa shape index (κ2) is 5.51. The third-order valence-corrected chi connectivity index (χ3v) is 2.18. The highest BCUT2D eigenvalue weighted by Gasteiger charge is 2.03. The van der Waals surface area contributed by atoms with Crippen molar-refractivity contribution in [2.24, 2.45) is 5.10 Å². The number of rotatable bonds is 3. The molecule has 0 spiro atoms. The molecule has 0 atom stereocenters. The molecule has 0 fully saturated rings. The molecule has 0 saturated heterocycles. The van der Waals surface area contributed by atoms with Crippen LogP contribution in [0.25, 0.3) is 0 Å². The van der Waals surface area contributed by atoms with Crippen molar-refractivity contribution in [3.8, 4) is 0 Å². The van der Waals surface area contributed by atoms with Crippen LogP contribution in [0.4, 0.5) is 0 Å². The average Bonchev–Trinajstić information content (AvgIpc) is 2.25. The molecule has 0 bridgehead atoms. The van der Waals surface area contributed by atoms with E-state index in [1.807, 2.05) is 13.8 Å². The van der Waals surface area contributed by atoms with Crippen molar-refractivity contribution in [1.82, 2.24) is 5.43 Å². The minimum Gasteiger partial charge on any atom is -0.267 e. The lowest BCUT2D eigenvalue weighted by atomic mass is 10.2. The van der Waals surface area contributed by atoms with Gasteiger partial charge in [-0.1, -0.05) is 24.6 Å². The molecule has 0 aromatic heterocycles. The summed E-state index contributed by atoms with van der Waals surface area (Å²) in [5.41, 5.74) is 3.86. The summed E-state index contributed by atoms with van der Waals surface area (Å²) >= 11 is 5.76. The maximum Gasteiger partial charge on any atom is 0.271 e. The summed E-state index contributed by atoms with van der Waals surface area (Å²) in [4.78, 5) is 11.5. The van der Waals surface area contributed by atoms with Crippen molar-refractivity contribution >= 4 is 23.2 Å². The largest absolute Gasteiger partial charge is 0.271 e. The molecular weight excluding hydrogens is 212 g/mol. The Hall–Kier alpha value is -1.35. The Balaban J connectivity index is 2.70. The summed E-state index contributed by atoms with van der Waals surface area (Å²) in [6, 6.07) is 6.75. The number of hydrazone groups is 1. The number of halogens is 1. The normalized spacial score (nSPS) is 11.3. The lowest BCUT2D eigenvalue weighted by Crippen LogP contribution is -2.18. The summed E-state index contributed by atoms with van der Waals surface area (Å²) in [6.07, 6.45) is 0.815. The van der Waals surface area contributed by atoms with Crippen LogP contribution in [-0.4, -0.2) is 11.6 Å². The summed E-state index contributed by atoms with van der Waals surface area (Å²) in [5, 5.41) is 4.46. The quantitative estimate of drug-likeness (QED) is 0.623. The molecule has 80 valence electrons. The maximum atomic E-state index is 11.5. The molecule has 0 aliphatic heterocycles. The topological polar surface area (TPSA) is 41.5 Å². The van der Waals surface area contributed by atoms with E-state index in [1.165, 1.54) is 0 Å². The Kier molecular flexibility index (Phi) is 4.31. The van der Waals surface area contributed by atoms with E-state index >= 15 is 0 Å². The Morgan fingerprint density at radius 1 is 1.53 bits per heavy atom. The van der Waals surface area contributed by atoms with Crippen LogP contribution in [-0.2, 0) is 0 Å². The molecule has 0 saturated carbocycles. The molecule has 1 aromatic rings. The smallest absolute Gasteiger partial charge is 0.267 e. The molecule has 15 heavy (non-hydrogen) atoms. The van der Waals surface area contributed by atoms with Crippen LogP contribution < -0.4 is 5.43 Å². The summed E-state index contributed by atoms with van der Waals surface area (Å²) in [5.74, 6) is -0.245. The first-order chi connectivity index (χ1) is 7.13. The van der Waals surface area contributed by atoms with Gasteiger partial charge in [0.2, 0.25) is 0 Å². The van der Waals surface area contributed by atoms with Crippen molar-refractivity contribution < 1.29 is 4.79 Å². The molecule has 0 unspecified atom stereocenters. The summed E-state index contributed by atoms with van der Waals surface area (Å²) in [7, 11) is 0. The Bertz CT molecular complexity index is 388. The number of hydrogen-bond acceptors (Lipinski definition) is 2. The summed E-state index contributed by atoms with van der Waals surface area (Å²) < 4.78 is 0. The van der Waals surface area contributed by atoms with Crippen molar-refractivity contribution in [3.63, 3.8) is 0 Å². The van der Waals surface area contributed by atoms with Gasteiger partial charge >= 0.3 is 0 Å². The SMILES string of the molecule is CC/C(C)=N\NC(=O)c1cccc(Cl)c1. The third-order valence-electron chi connectivity index (χ3n) is 1.95. The van der Waals surface area contributed by atoms with Gasteiger partial charge in [-0.15, -0.1) is 0 Å². The fraction of sp³-hybridized carbons (Fsp3) is 0.273. The first-order valence-corrected chi connectivity index (χ1v) is 5.10. The van der Waals surface area contributed by atoms with Gasteiger partial charge in [-0.3, -0.25) is 4.79 Å². The second-order valence-corrected chi connectivity index (χ2v) is 3.59. The van der Waals surface area contributed by atoms with Crippen molar-refractivity contribution in [2.45, 2.75) is 20.3 Å². The molecule has 1 N–H and O–H groups in total. The highest BCUT2D eigenvalue weighted by atomic mass is 35.5. The van der Waals surface area contributed by atoms with Crippen LogP contribution in [0.1, 0.15) is 30.6 Å². The highest BCUT2D eigenvalue weighted by Crippen LogP contribution is 2.10. The molecule has 4 heteroatoms. The predicted molar refractivity (Wildman–Crippen MR) is 62.3 cm³/mol. The van der Waals surface area contributed by atoms with Crippen LogP contribution in [0.3, 0.4) is 0 Å². The Morgan fingerprint density at radius 3 is 2.87 bits per heavy atom. The first-order valence-electron chi connectivity index (χ1n) is 4.72. The van der Waals surface area contributed by atoms with Gasteiger partial charge in [-0.2, -0.15) is 5.10 Å². The number of hydrogen-bond donors (Lipinski definition) is 1. The number of carbonyl (C=O) groups is 1. The minimum absolute atomic E-state index is 0.245. The van der Waals surface area contributed by atoms with E-state index < -0.39 is 0 Å². The number of carbonyl (C=O) groups excluding carboxylic acids is 1. The molecule has 1 amide bonds. The molecule has 3 nitrogen and oxygen atoms in total. The fourth-order valence-corrected chi connectivity index (χ4v) is 1.11. The molecule has 0 aliphatic carbocycles. The lowest BCUT2D eigenvalue weighted by molar-refractivity contribution is 0.0954. The van der Waals surface area contributed by atoms with E-state index in [2.05, 4.69) is 10.5 Å². The first kappa shape index (κ1) is 11.7. The third kappa shape index (κ3) is 3.72. The number of benzene rings is 1. The zero-order valence-corrected chi connectivity index (χ0v) is 9.51. The molecular formula is C11H13ClN2O. The van der Waals surface area contributed by atoms with E-state index in [0.717, 1.165) is 12.1 Å². The van der Waals surface area contributed by atoms with Gasteiger partial charge in [0, 0.05) is 16.3 Å². The highest BCUT2D eigenvalue weighted by molar-refractivity contribution is 6.30. The van der Waals surface area contributed by atoms with E-state index in [9.17, 15) is 4.79 Å². The summed E-state index contributed by atoms with van der Waals surface area (Å²) in [6.45, 7) is 3.84. The second-order valence-electron chi connectivity index (χ2n) is 3.15. The minimum atomic E-state index is -0.245. The van der Waals surface area contributed by atoms with Crippen molar-refractivity contribution in [3.05, 3.63) is 34.9 Å². The van der Waals surface area contributed by atoms with Crippen LogP contribution in [0.15, 0.2) is 29.4 Å². The van der Waals surface area contributed by atoms with E-state index in [4.69, 9.17) is 11.6 Å². The van der Waals surface area contributed by atoms with E-state index in [1.54, 1.807) is 24.3 Å². The van der Waals surface area contributed by atoms with Crippen LogP contribution in [0, 0.1) is 0 Å². The maximum absolute atomic E-state index is 11.5. The van der Waals surface area contributed by atoms with Gasteiger partial charge in [0.05, 0.1) is 0 Å². The predicted octanol–water partition coefficient (Wildman–Crippen LogP) is 2.86. The molecule has 1 rings (SSSR count). The monoisotopic (exact) mass is 224 g/mol. The zero-order chi connectivity index (χ0) is 11.3. The Morgan fingerprint density at radius 2 is 2.27 bits per heavy atom. The standard InChI is InChI=1S/C11H13ClN2O/c1-3-8(2)13-14-11(15)9-5-4-6-10(12)7-9/h4-7H,3H2,1-2H3,(H,14,15)/b13-8-. The van der Waals surface area contributed by atoms with E-state index in [0.29, 0.717) is 10.6 Å². The van der Waals surface area contributed by atoms with Crippen LogP contribution in [0.2, 0.25) is 5.02 Å². The van der Waals surface area contributed by atoms with Gasteiger partial charge < -0.3 is 0 Å². The average molecular weight is 225 g/mol.